The molecule has 0 aromatic heterocycles. The van der Waals surface area contributed by atoms with Gasteiger partial charge in [-0.3, -0.25) is 9.59 Å². The molecule has 178 valence electrons. The van der Waals surface area contributed by atoms with E-state index in [0.29, 0.717) is 59.7 Å². The Morgan fingerprint density at radius 2 is 1.76 bits per heavy atom. The largest absolute Gasteiger partial charge is 0.486 e. The molecule has 2 aromatic carbocycles. The van der Waals surface area contributed by atoms with Gasteiger partial charge in [0.05, 0.1) is 0 Å². The Morgan fingerprint density at radius 3 is 2.42 bits per heavy atom. The Kier molecular flexibility index (Phi) is 9.27. The fraction of sp³-hybridized carbons (Fsp3) is 0.440. The summed E-state index contributed by atoms with van der Waals surface area (Å²) >= 11 is 12.8. The zero-order chi connectivity index (χ0) is 23.8. The van der Waals surface area contributed by atoms with Crippen molar-refractivity contribution in [1.29, 1.82) is 0 Å². The molecular formula is C25H30Cl2N2O4. The standard InChI is InChI=1S/C25H30Cl2N2O4/c1-3-12-28-25(31)21(4-2)29(16-18-19(26)6-5-7-20(18)27)24(30)11-9-17-8-10-22-23(15-17)33-14-13-32-22/h5-8,10,15,21H,3-4,9,11-14,16H2,1-2H3,(H,28,31)/t21-/m1/s1. The summed E-state index contributed by atoms with van der Waals surface area (Å²) in [4.78, 5) is 27.9. The number of fused-ring (bicyclic) bond motifs is 1. The first-order valence-electron chi connectivity index (χ1n) is 11.3. The molecule has 1 N–H and O–H groups in total. The van der Waals surface area contributed by atoms with Crippen LogP contribution in [-0.4, -0.2) is 42.5 Å². The van der Waals surface area contributed by atoms with E-state index in [4.69, 9.17) is 32.7 Å². The van der Waals surface area contributed by atoms with E-state index in [9.17, 15) is 9.59 Å². The number of halogens is 2. The molecule has 0 saturated carbocycles. The van der Waals surface area contributed by atoms with Gasteiger partial charge in [-0.15, -0.1) is 0 Å². The third kappa shape index (κ3) is 6.55. The van der Waals surface area contributed by atoms with Crippen LogP contribution in [0.3, 0.4) is 0 Å². The smallest absolute Gasteiger partial charge is 0.242 e. The van der Waals surface area contributed by atoms with Gasteiger partial charge >= 0.3 is 0 Å². The second-order valence-corrected chi connectivity index (χ2v) is 8.73. The molecule has 0 saturated heterocycles. The summed E-state index contributed by atoms with van der Waals surface area (Å²) < 4.78 is 11.2. The topological polar surface area (TPSA) is 67.9 Å². The number of carbonyl (C=O) groups is 2. The van der Waals surface area contributed by atoms with Crippen molar-refractivity contribution in [1.82, 2.24) is 10.2 Å². The van der Waals surface area contributed by atoms with Crippen LogP contribution in [0.15, 0.2) is 36.4 Å². The van der Waals surface area contributed by atoms with Crippen molar-refractivity contribution in [3.8, 4) is 11.5 Å². The number of aryl methyl sites for hydroxylation is 1. The van der Waals surface area contributed by atoms with E-state index in [2.05, 4.69) is 5.32 Å². The lowest BCUT2D eigenvalue weighted by atomic mass is 10.1. The van der Waals surface area contributed by atoms with E-state index in [0.717, 1.165) is 12.0 Å². The molecule has 0 radical (unpaired) electrons. The molecule has 0 unspecified atom stereocenters. The molecule has 1 heterocycles. The van der Waals surface area contributed by atoms with Gasteiger partial charge < -0.3 is 19.7 Å². The maximum absolute atomic E-state index is 13.4. The predicted octanol–water partition coefficient (Wildman–Crippen LogP) is 5.03. The third-order valence-corrected chi connectivity index (χ3v) is 6.27. The number of amides is 2. The van der Waals surface area contributed by atoms with Crippen molar-refractivity contribution in [3.63, 3.8) is 0 Å². The van der Waals surface area contributed by atoms with Gasteiger partial charge in [0.2, 0.25) is 11.8 Å². The second-order valence-electron chi connectivity index (χ2n) is 7.91. The van der Waals surface area contributed by atoms with Gasteiger partial charge in [-0.2, -0.15) is 0 Å². The number of hydrogen-bond donors (Lipinski definition) is 1. The highest BCUT2D eigenvalue weighted by atomic mass is 35.5. The Hall–Kier alpha value is -2.44. The zero-order valence-corrected chi connectivity index (χ0v) is 20.5. The molecule has 1 atom stereocenters. The van der Waals surface area contributed by atoms with Gasteiger partial charge in [-0.05, 0) is 49.1 Å². The first-order valence-corrected chi connectivity index (χ1v) is 12.1. The molecule has 2 aromatic rings. The van der Waals surface area contributed by atoms with Gasteiger partial charge in [0.1, 0.15) is 19.3 Å². The molecule has 0 bridgehead atoms. The van der Waals surface area contributed by atoms with Crippen LogP contribution in [0.5, 0.6) is 11.5 Å². The minimum absolute atomic E-state index is 0.139. The Labute approximate surface area is 205 Å². The number of carbonyl (C=O) groups excluding carboxylic acids is 2. The van der Waals surface area contributed by atoms with Crippen molar-refractivity contribution in [2.45, 2.75) is 52.1 Å². The van der Waals surface area contributed by atoms with Crippen molar-refractivity contribution in [2.75, 3.05) is 19.8 Å². The van der Waals surface area contributed by atoms with Crippen LogP contribution in [-0.2, 0) is 22.6 Å². The molecule has 1 aliphatic rings. The second kappa shape index (κ2) is 12.1. The molecule has 1 aliphatic heterocycles. The van der Waals surface area contributed by atoms with E-state index in [1.54, 1.807) is 23.1 Å². The van der Waals surface area contributed by atoms with Gasteiger partial charge in [-0.25, -0.2) is 0 Å². The minimum Gasteiger partial charge on any atom is -0.486 e. The van der Waals surface area contributed by atoms with E-state index < -0.39 is 6.04 Å². The highest BCUT2D eigenvalue weighted by Gasteiger charge is 2.29. The molecule has 33 heavy (non-hydrogen) atoms. The quantitative estimate of drug-likeness (QED) is 0.504. The highest BCUT2D eigenvalue weighted by Crippen LogP contribution is 2.31. The summed E-state index contributed by atoms with van der Waals surface area (Å²) in [6, 6.07) is 10.3. The van der Waals surface area contributed by atoms with Crippen molar-refractivity contribution in [2.24, 2.45) is 0 Å². The number of rotatable bonds is 10. The molecule has 3 rings (SSSR count). The first-order chi connectivity index (χ1) is 15.9. The van der Waals surface area contributed by atoms with Crippen molar-refractivity contribution < 1.29 is 19.1 Å². The van der Waals surface area contributed by atoms with E-state index >= 15 is 0 Å². The lowest BCUT2D eigenvalue weighted by molar-refractivity contribution is -0.141. The molecule has 6 nitrogen and oxygen atoms in total. The van der Waals surface area contributed by atoms with Gasteiger partial charge in [0, 0.05) is 35.1 Å². The van der Waals surface area contributed by atoms with Gasteiger partial charge in [-0.1, -0.05) is 49.2 Å². The summed E-state index contributed by atoms with van der Waals surface area (Å²) in [7, 11) is 0. The molecular weight excluding hydrogens is 463 g/mol. The molecule has 0 fully saturated rings. The summed E-state index contributed by atoms with van der Waals surface area (Å²) in [5.41, 5.74) is 1.60. The van der Waals surface area contributed by atoms with Crippen LogP contribution >= 0.6 is 23.2 Å². The Morgan fingerprint density at radius 1 is 1.06 bits per heavy atom. The first kappa shape index (κ1) is 25.2. The highest BCUT2D eigenvalue weighted by molar-refractivity contribution is 6.36. The number of nitrogens with one attached hydrogen (secondary N) is 1. The monoisotopic (exact) mass is 492 g/mol. The Balaban J connectivity index is 1.79. The van der Waals surface area contributed by atoms with E-state index in [1.807, 2.05) is 32.0 Å². The summed E-state index contributed by atoms with van der Waals surface area (Å²) in [5.74, 6) is 1.09. The van der Waals surface area contributed by atoms with Crippen LogP contribution in [0.2, 0.25) is 10.0 Å². The fourth-order valence-corrected chi connectivity index (χ4v) is 4.29. The maximum Gasteiger partial charge on any atom is 0.242 e. The summed E-state index contributed by atoms with van der Waals surface area (Å²) in [6.07, 6.45) is 2.04. The minimum atomic E-state index is -0.614. The fourth-order valence-electron chi connectivity index (χ4n) is 3.78. The van der Waals surface area contributed by atoms with E-state index in [1.165, 1.54) is 0 Å². The Bertz CT molecular complexity index is 963. The van der Waals surface area contributed by atoms with Crippen molar-refractivity contribution >= 4 is 35.0 Å². The van der Waals surface area contributed by atoms with Crippen LogP contribution in [0.25, 0.3) is 0 Å². The molecule has 0 spiro atoms. The van der Waals surface area contributed by atoms with Gasteiger partial charge in [0.25, 0.3) is 0 Å². The lowest BCUT2D eigenvalue weighted by Crippen LogP contribution is -2.49. The third-order valence-electron chi connectivity index (χ3n) is 5.56. The maximum atomic E-state index is 13.4. The van der Waals surface area contributed by atoms with Crippen LogP contribution in [0.1, 0.15) is 44.2 Å². The number of hydrogen-bond acceptors (Lipinski definition) is 4. The molecule has 8 heteroatoms. The van der Waals surface area contributed by atoms with E-state index in [-0.39, 0.29) is 24.8 Å². The molecule has 2 amide bonds. The van der Waals surface area contributed by atoms with Crippen LogP contribution in [0, 0.1) is 0 Å². The summed E-state index contributed by atoms with van der Waals surface area (Å²) in [6.45, 7) is 5.64. The molecule has 0 aliphatic carbocycles. The van der Waals surface area contributed by atoms with Crippen molar-refractivity contribution in [3.05, 3.63) is 57.6 Å². The van der Waals surface area contributed by atoms with Crippen LogP contribution < -0.4 is 14.8 Å². The average Bonchev–Trinajstić information content (AvgIpc) is 2.82. The SMILES string of the molecule is CCCNC(=O)[C@@H](CC)N(Cc1c(Cl)cccc1Cl)C(=O)CCc1ccc2c(c1)OCCO2. The average molecular weight is 493 g/mol. The van der Waals surface area contributed by atoms with Crippen LogP contribution in [0.4, 0.5) is 0 Å². The normalized spacial score (nSPS) is 13.3. The number of nitrogens with zero attached hydrogens (tertiary/aromatic N) is 1. The number of ether oxygens (including phenoxy) is 2. The van der Waals surface area contributed by atoms with Gasteiger partial charge in [0.15, 0.2) is 11.5 Å². The zero-order valence-electron chi connectivity index (χ0n) is 19.0. The lowest BCUT2D eigenvalue weighted by Gasteiger charge is -2.31. The summed E-state index contributed by atoms with van der Waals surface area (Å²) in [5, 5.41) is 3.85. The predicted molar refractivity (Wildman–Crippen MR) is 130 cm³/mol. The number of benzene rings is 2.